The van der Waals surface area contributed by atoms with E-state index in [1.54, 1.807) is 0 Å². The van der Waals surface area contributed by atoms with Crippen molar-refractivity contribution in [3.05, 3.63) is 47.0 Å². The van der Waals surface area contributed by atoms with Crippen LogP contribution in [0.3, 0.4) is 0 Å². The van der Waals surface area contributed by atoms with E-state index in [0.29, 0.717) is 0 Å². The predicted molar refractivity (Wildman–Crippen MR) is 53.6 cm³/mol. The summed E-state index contributed by atoms with van der Waals surface area (Å²) in [7, 11) is 0. The molecule has 1 rings (SSSR count). The van der Waals surface area contributed by atoms with Crippen LogP contribution in [0.2, 0.25) is 5.02 Å². The minimum atomic E-state index is -4.46. The Labute approximate surface area is 90.3 Å². The predicted octanol–water partition coefficient (Wildman–Crippen LogP) is 3.54. The number of alkyl halides is 3. The van der Waals surface area contributed by atoms with E-state index >= 15 is 0 Å². The number of nitrogens with two attached hydrogens (primary N) is 1. The maximum atomic E-state index is 12.4. The largest absolute Gasteiger partial charge is 0.417 e. The Hall–Kier alpha value is -1.00. The van der Waals surface area contributed by atoms with Gasteiger partial charge in [0.05, 0.1) is 10.6 Å². The monoisotopic (exact) mass is 235 g/mol. The van der Waals surface area contributed by atoms with Crippen LogP contribution in [0.1, 0.15) is 17.2 Å². The normalized spacial score (nSPS) is 13.7. The lowest BCUT2D eigenvalue weighted by atomic mass is 10.0. The van der Waals surface area contributed by atoms with Gasteiger partial charge in [0.25, 0.3) is 0 Å². The summed E-state index contributed by atoms with van der Waals surface area (Å²) in [5.74, 6) is 0. The van der Waals surface area contributed by atoms with E-state index in [1.807, 2.05) is 0 Å². The molecule has 0 heterocycles. The summed E-state index contributed by atoms with van der Waals surface area (Å²) in [6.07, 6.45) is -3.13. The van der Waals surface area contributed by atoms with Crippen LogP contribution >= 0.6 is 11.6 Å². The van der Waals surface area contributed by atoms with Crippen LogP contribution in [0.15, 0.2) is 30.9 Å². The molecule has 1 aromatic rings. The van der Waals surface area contributed by atoms with Gasteiger partial charge >= 0.3 is 6.18 Å². The van der Waals surface area contributed by atoms with Crippen molar-refractivity contribution in [2.75, 3.05) is 0 Å². The molecule has 0 spiro atoms. The van der Waals surface area contributed by atoms with Crippen molar-refractivity contribution >= 4 is 11.6 Å². The molecule has 0 aromatic heterocycles. The maximum Gasteiger partial charge on any atom is 0.417 e. The molecule has 0 aliphatic carbocycles. The molecule has 0 saturated heterocycles. The van der Waals surface area contributed by atoms with Crippen molar-refractivity contribution in [1.82, 2.24) is 0 Å². The third-order valence-electron chi connectivity index (χ3n) is 1.95. The fourth-order valence-electron chi connectivity index (χ4n) is 1.15. The Morgan fingerprint density at radius 3 is 2.47 bits per heavy atom. The highest BCUT2D eigenvalue weighted by Gasteiger charge is 2.34. The highest BCUT2D eigenvalue weighted by Crippen LogP contribution is 2.37. The summed E-state index contributed by atoms with van der Waals surface area (Å²) in [5, 5.41) is -0.364. The number of benzene rings is 1. The van der Waals surface area contributed by atoms with Gasteiger partial charge in [-0.1, -0.05) is 29.8 Å². The molecule has 0 aliphatic rings. The van der Waals surface area contributed by atoms with Crippen LogP contribution in [-0.4, -0.2) is 0 Å². The fraction of sp³-hybridized carbons (Fsp3) is 0.200. The van der Waals surface area contributed by atoms with Gasteiger partial charge in [0.15, 0.2) is 0 Å². The molecule has 0 bridgehead atoms. The summed E-state index contributed by atoms with van der Waals surface area (Å²) in [6.45, 7) is 3.41. The summed E-state index contributed by atoms with van der Waals surface area (Å²) in [4.78, 5) is 0. The highest BCUT2D eigenvalue weighted by molar-refractivity contribution is 6.32. The molecule has 0 unspecified atom stereocenters. The average Bonchev–Trinajstić information content (AvgIpc) is 2.15. The Balaban J connectivity index is 3.29. The molecule has 0 fully saturated rings. The van der Waals surface area contributed by atoms with Crippen molar-refractivity contribution in [3.63, 3.8) is 0 Å². The van der Waals surface area contributed by atoms with E-state index in [-0.39, 0.29) is 10.6 Å². The Morgan fingerprint density at radius 2 is 2.00 bits per heavy atom. The summed E-state index contributed by atoms with van der Waals surface area (Å²) >= 11 is 5.62. The van der Waals surface area contributed by atoms with Gasteiger partial charge in [-0.05, 0) is 11.6 Å². The minimum Gasteiger partial charge on any atom is -0.321 e. The average molecular weight is 236 g/mol. The Kier molecular flexibility index (Phi) is 3.42. The zero-order chi connectivity index (χ0) is 11.6. The van der Waals surface area contributed by atoms with Gasteiger partial charge < -0.3 is 5.73 Å². The van der Waals surface area contributed by atoms with Crippen molar-refractivity contribution in [2.45, 2.75) is 12.2 Å². The molecule has 15 heavy (non-hydrogen) atoms. The topological polar surface area (TPSA) is 26.0 Å². The molecular weight excluding hydrogens is 227 g/mol. The van der Waals surface area contributed by atoms with Gasteiger partial charge in [-0.2, -0.15) is 13.2 Å². The zero-order valence-electron chi connectivity index (χ0n) is 7.68. The van der Waals surface area contributed by atoms with Crippen molar-refractivity contribution in [1.29, 1.82) is 0 Å². The maximum absolute atomic E-state index is 12.4. The SMILES string of the molecule is C=C[C@@H](N)c1cccc(C(F)(F)F)c1Cl. The van der Waals surface area contributed by atoms with Gasteiger partial charge in [-0.15, -0.1) is 6.58 Å². The first-order chi connectivity index (χ1) is 6.88. The minimum absolute atomic E-state index is 0.224. The second kappa shape index (κ2) is 4.24. The third-order valence-corrected chi connectivity index (χ3v) is 2.37. The first-order valence-corrected chi connectivity index (χ1v) is 4.49. The summed E-state index contributed by atoms with van der Waals surface area (Å²) in [6, 6.07) is 2.94. The van der Waals surface area contributed by atoms with Crippen LogP contribution in [0.5, 0.6) is 0 Å². The molecule has 1 aromatic carbocycles. The molecule has 0 radical (unpaired) electrons. The molecule has 1 atom stereocenters. The van der Waals surface area contributed by atoms with Crippen LogP contribution in [0.25, 0.3) is 0 Å². The lowest BCUT2D eigenvalue weighted by Crippen LogP contribution is -2.12. The smallest absolute Gasteiger partial charge is 0.321 e. The zero-order valence-corrected chi connectivity index (χ0v) is 8.44. The number of halogens is 4. The van der Waals surface area contributed by atoms with Gasteiger partial charge in [-0.3, -0.25) is 0 Å². The number of rotatable bonds is 2. The van der Waals surface area contributed by atoms with Gasteiger partial charge in [0.2, 0.25) is 0 Å². The second-order valence-electron chi connectivity index (χ2n) is 2.97. The van der Waals surface area contributed by atoms with Crippen LogP contribution in [0.4, 0.5) is 13.2 Å². The van der Waals surface area contributed by atoms with Crippen LogP contribution < -0.4 is 5.73 Å². The van der Waals surface area contributed by atoms with Crippen LogP contribution in [-0.2, 0) is 6.18 Å². The first kappa shape index (κ1) is 12.1. The molecule has 0 saturated carbocycles. The summed E-state index contributed by atoms with van der Waals surface area (Å²) < 4.78 is 37.3. The van der Waals surface area contributed by atoms with Crippen molar-refractivity contribution < 1.29 is 13.2 Å². The van der Waals surface area contributed by atoms with E-state index in [0.717, 1.165) is 6.07 Å². The van der Waals surface area contributed by atoms with Gasteiger partial charge in [0.1, 0.15) is 0 Å². The lowest BCUT2D eigenvalue weighted by molar-refractivity contribution is -0.137. The molecule has 5 heteroatoms. The molecule has 1 nitrogen and oxygen atoms in total. The van der Waals surface area contributed by atoms with E-state index in [2.05, 4.69) is 6.58 Å². The fourth-order valence-corrected chi connectivity index (χ4v) is 1.51. The van der Waals surface area contributed by atoms with E-state index in [4.69, 9.17) is 17.3 Å². The second-order valence-corrected chi connectivity index (χ2v) is 3.35. The molecule has 0 aliphatic heterocycles. The van der Waals surface area contributed by atoms with Crippen molar-refractivity contribution in [2.24, 2.45) is 5.73 Å². The van der Waals surface area contributed by atoms with E-state index < -0.39 is 17.8 Å². The third kappa shape index (κ3) is 2.52. The quantitative estimate of drug-likeness (QED) is 0.780. The van der Waals surface area contributed by atoms with Gasteiger partial charge in [0, 0.05) is 6.04 Å². The number of hydrogen-bond donors (Lipinski definition) is 1. The first-order valence-electron chi connectivity index (χ1n) is 4.11. The van der Waals surface area contributed by atoms with E-state index in [1.165, 1.54) is 18.2 Å². The van der Waals surface area contributed by atoms with E-state index in [9.17, 15) is 13.2 Å². The molecule has 0 amide bonds. The Bertz CT molecular complexity index is 373. The Morgan fingerprint density at radius 1 is 1.40 bits per heavy atom. The lowest BCUT2D eigenvalue weighted by Gasteiger charge is -2.14. The number of hydrogen-bond acceptors (Lipinski definition) is 1. The van der Waals surface area contributed by atoms with Crippen molar-refractivity contribution in [3.8, 4) is 0 Å². The van der Waals surface area contributed by atoms with Crippen LogP contribution in [0, 0.1) is 0 Å². The molecule has 2 N–H and O–H groups in total. The van der Waals surface area contributed by atoms with Gasteiger partial charge in [-0.25, -0.2) is 0 Å². The molecule has 82 valence electrons. The highest BCUT2D eigenvalue weighted by atomic mass is 35.5. The summed E-state index contributed by atoms with van der Waals surface area (Å²) in [5.41, 5.74) is 4.89. The molecular formula is C10H9ClF3N. The standard InChI is InChI=1S/C10H9ClF3N/c1-2-8(15)6-4-3-5-7(9(6)11)10(12,13)14/h2-5,8H,1,15H2/t8-/m1/s1.